The number of aromatic nitrogens is 2. The first-order chi connectivity index (χ1) is 12.1. The SMILES string of the molecule is O=C(O)c1ccc[n+](Cc2ccccc2)c1.O=C(O)c1cccnc1.[Br-]. The molecule has 2 N–H and O–H groups in total. The van der Waals surface area contributed by atoms with Crippen LogP contribution in [0.5, 0.6) is 0 Å². The van der Waals surface area contributed by atoms with E-state index in [0.29, 0.717) is 12.1 Å². The topological polar surface area (TPSA) is 91.4 Å². The molecular formula is C19H17BrN2O4. The maximum Gasteiger partial charge on any atom is 0.341 e. The first kappa shape index (κ1) is 21.0. The van der Waals surface area contributed by atoms with E-state index in [0.717, 1.165) is 5.56 Å². The number of hydrogen-bond acceptors (Lipinski definition) is 3. The molecule has 0 amide bonds. The molecule has 0 aliphatic carbocycles. The van der Waals surface area contributed by atoms with E-state index in [9.17, 15) is 9.59 Å². The number of nitrogens with zero attached hydrogens (tertiary/aromatic N) is 2. The Hall–Kier alpha value is -3.06. The van der Waals surface area contributed by atoms with Crippen LogP contribution in [0.25, 0.3) is 0 Å². The fourth-order valence-electron chi connectivity index (χ4n) is 2.03. The molecule has 6 nitrogen and oxygen atoms in total. The minimum absolute atomic E-state index is 0. The normalized spacial score (nSPS) is 9.23. The Morgan fingerprint density at radius 1 is 0.885 bits per heavy atom. The van der Waals surface area contributed by atoms with Crippen molar-refractivity contribution >= 4 is 11.9 Å². The second-order valence-electron chi connectivity index (χ2n) is 5.10. The Bertz CT molecular complexity index is 842. The number of carbonyl (C=O) groups is 2. The van der Waals surface area contributed by atoms with E-state index >= 15 is 0 Å². The average molecular weight is 417 g/mol. The van der Waals surface area contributed by atoms with Gasteiger partial charge in [0.25, 0.3) is 0 Å². The summed E-state index contributed by atoms with van der Waals surface area (Å²) < 4.78 is 1.86. The van der Waals surface area contributed by atoms with Crippen molar-refractivity contribution in [2.75, 3.05) is 0 Å². The van der Waals surface area contributed by atoms with Crippen molar-refractivity contribution in [2.45, 2.75) is 6.54 Å². The largest absolute Gasteiger partial charge is 1.00 e. The molecule has 7 heteroatoms. The van der Waals surface area contributed by atoms with Gasteiger partial charge in [0.05, 0.1) is 5.56 Å². The molecular weight excluding hydrogens is 400 g/mol. The summed E-state index contributed by atoms with van der Waals surface area (Å²) in [5, 5.41) is 17.2. The lowest BCUT2D eigenvalue weighted by Crippen LogP contribution is -3.00. The molecule has 3 aromatic rings. The zero-order valence-electron chi connectivity index (χ0n) is 13.7. The van der Waals surface area contributed by atoms with E-state index in [-0.39, 0.29) is 22.5 Å². The summed E-state index contributed by atoms with van der Waals surface area (Å²) in [6, 6.07) is 16.3. The highest BCUT2D eigenvalue weighted by atomic mass is 79.9. The highest BCUT2D eigenvalue weighted by Crippen LogP contribution is 1.99. The van der Waals surface area contributed by atoms with Gasteiger partial charge in [-0.25, -0.2) is 9.59 Å². The molecule has 0 radical (unpaired) electrons. The summed E-state index contributed by atoms with van der Waals surface area (Å²) in [5.41, 5.74) is 1.67. The van der Waals surface area contributed by atoms with Gasteiger partial charge < -0.3 is 27.2 Å². The van der Waals surface area contributed by atoms with Gasteiger partial charge >= 0.3 is 11.9 Å². The summed E-state index contributed by atoms with van der Waals surface area (Å²) in [6.07, 6.45) is 6.34. The van der Waals surface area contributed by atoms with Crippen molar-refractivity contribution in [3.05, 3.63) is 96.1 Å². The van der Waals surface area contributed by atoms with E-state index in [1.165, 1.54) is 18.5 Å². The van der Waals surface area contributed by atoms with Crippen molar-refractivity contribution in [2.24, 2.45) is 0 Å². The molecule has 1 aromatic carbocycles. The molecule has 2 aromatic heterocycles. The fraction of sp³-hybridized carbons (Fsp3) is 0.0526. The molecule has 0 aliphatic rings. The van der Waals surface area contributed by atoms with Gasteiger partial charge in [0.2, 0.25) is 0 Å². The van der Waals surface area contributed by atoms with Crippen molar-refractivity contribution in [3.63, 3.8) is 0 Å². The molecule has 0 saturated heterocycles. The lowest BCUT2D eigenvalue weighted by atomic mass is 10.2. The van der Waals surface area contributed by atoms with Crippen LogP contribution in [0.3, 0.4) is 0 Å². The minimum Gasteiger partial charge on any atom is -1.00 e. The summed E-state index contributed by atoms with van der Waals surface area (Å²) in [4.78, 5) is 24.6. The van der Waals surface area contributed by atoms with Gasteiger partial charge in [-0.3, -0.25) is 4.98 Å². The summed E-state index contributed by atoms with van der Waals surface area (Å²) >= 11 is 0. The predicted molar refractivity (Wildman–Crippen MR) is 90.3 cm³/mol. The van der Waals surface area contributed by atoms with Gasteiger partial charge in [-0.1, -0.05) is 30.3 Å². The molecule has 3 rings (SSSR count). The van der Waals surface area contributed by atoms with Crippen LogP contribution in [0.15, 0.2) is 79.4 Å². The van der Waals surface area contributed by atoms with Crippen LogP contribution in [0.4, 0.5) is 0 Å². The summed E-state index contributed by atoms with van der Waals surface area (Å²) in [7, 11) is 0. The van der Waals surface area contributed by atoms with E-state index in [2.05, 4.69) is 4.98 Å². The zero-order chi connectivity index (χ0) is 18.1. The first-order valence-corrected chi connectivity index (χ1v) is 7.46. The van der Waals surface area contributed by atoms with Crippen LogP contribution in [-0.2, 0) is 6.54 Å². The average Bonchev–Trinajstić information content (AvgIpc) is 2.64. The molecule has 2 heterocycles. The molecule has 0 fully saturated rings. The van der Waals surface area contributed by atoms with Crippen molar-refractivity contribution in [1.29, 1.82) is 0 Å². The number of rotatable bonds is 4. The Morgan fingerprint density at radius 3 is 2.08 bits per heavy atom. The second-order valence-corrected chi connectivity index (χ2v) is 5.10. The van der Waals surface area contributed by atoms with Crippen LogP contribution in [-0.4, -0.2) is 27.1 Å². The second kappa shape index (κ2) is 10.7. The third-order valence-electron chi connectivity index (χ3n) is 3.22. The van der Waals surface area contributed by atoms with Gasteiger partial charge in [0.1, 0.15) is 5.56 Å². The van der Waals surface area contributed by atoms with Crippen LogP contribution >= 0.6 is 0 Å². The number of hydrogen-bond donors (Lipinski definition) is 2. The lowest BCUT2D eigenvalue weighted by Gasteiger charge is -1.98. The molecule has 26 heavy (non-hydrogen) atoms. The van der Waals surface area contributed by atoms with Gasteiger partial charge in [0, 0.05) is 24.0 Å². The third-order valence-corrected chi connectivity index (χ3v) is 3.22. The Morgan fingerprint density at radius 2 is 1.54 bits per heavy atom. The number of carboxylic acid groups (broad SMARTS) is 2. The van der Waals surface area contributed by atoms with Gasteiger partial charge in [-0.2, -0.15) is 4.57 Å². The van der Waals surface area contributed by atoms with Crippen molar-refractivity contribution in [1.82, 2.24) is 4.98 Å². The maximum absolute atomic E-state index is 10.8. The highest BCUT2D eigenvalue weighted by Gasteiger charge is 2.08. The van der Waals surface area contributed by atoms with Gasteiger partial charge in [-0.05, 0) is 18.2 Å². The number of halogens is 1. The highest BCUT2D eigenvalue weighted by molar-refractivity contribution is 5.87. The van der Waals surface area contributed by atoms with Crippen molar-refractivity contribution in [3.8, 4) is 0 Å². The fourth-order valence-corrected chi connectivity index (χ4v) is 2.03. The number of pyridine rings is 2. The number of aromatic carboxylic acids is 2. The van der Waals surface area contributed by atoms with E-state index in [4.69, 9.17) is 10.2 Å². The molecule has 0 spiro atoms. The van der Waals surface area contributed by atoms with E-state index in [1.54, 1.807) is 24.4 Å². The first-order valence-electron chi connectivity index (χ1n) is 7.46. The minimum atomic E-state index is -0.942. The van der Waals surface area contributed by atoms with Gasteiger partial charge in [0.15, 0.2) is 18.9 Å². The van der Waals surface area contributed by atoms with Crippen LogP contribution < -0.4 is 21.5 Å². The van der Waals surface area contributed by atoms with Crippen LogP contribution in [0.1, 0.15) is 26.3 Å². The smallest absolute Gasteiger partial charge is 0.341 e. The number of benzene rings is 1. The van der Waals surface area contributed by atoms with E-state index < -0.39 is 11.9 Å². The van der Waals surface area contributed by atoms with Crippen molar-refractivity contribution < 1.29 is 41.4 Å². The molecule has 0 unspecified atom stereocenters. The van der Waals surface area contributed by atoms with Gasteiger partial charge in [-0.15, -0.1) is 0 Å². The molecule has 0 aliphatic heterocycles. The van der Waals surface area contributed by atoms with E-state index in [1.807, 2.05) is 41.1 Å². The molecule has 0 atom stereocenters. The molecule has 0 saturated carbocycles. The Kier molecular flexibility index (Phi) is 8.66. The molecule has 134 valence electrons. The number of carboxylic acids is 2. The summed E-state index contributed by atoms with van der Waals surface area (Å²) in [5.74, 6) is -1.84. The predicted octanol–water partition coefficient (Wildman–Crippen LogP) is -0.496. The Labute approximate surface area is 161 Å². The maximum atomic E-state index is 10.8. The third kappa shape index (κ3) is 6.82. The Balaban J connectivity index is 0.000000290. The zero-order valence-corrected chi connectivity index (χ0v) is 15.3. The lowest BCUT2D eigenvalue weighted by molar-refractivity contribution is -0.688. The standard InChI is InChI=1S/C13H11NO2.C6H5NO2.BrH/c15-13(16)12-7-4-8-14(10-12)9-11-5-2-1-3-6-11;8-6(9)5-2-1-3-7-4-5;/h1-8,10H,9H2;1-4H,(H,8,9);1H. The monoisotopic (exact) mass is 416 g/mol. The summed E-state index contributed by atoms with van der Waals surface area (Å²) in [6.45, 7) is 0.682. The quantitative estimate of drug-likeness (QED) is 0.559. The van der Waals surface area contributed by atoms with Crippen LogP contribution in [0, 0.1) is 0 Å². The van der Waals surface area contributed by atoms with Crippen LogP contribution in [0.2, 0.25) is 0 Å². The molecule has 0 bridgehead atoms.